The molecule has 2 amide bonds. The number of carbonyl (C=O) groups excluding carboxylic acids is 2. The van der Waals surface area contributed by atoms with Crippen LogP contribution < -0.4 is 10.2 Å². The first-order valence-corrected chi connectivity index (χ1v) is 11.4. The summed E-state index contributed by atoms with van der Waals surface area (Å²) in [5, 5.41) is 15.0. The first-order valence-electron chi connectivity index (χ1n) is 11.4. The average Bonchev–Trinajstić information content (AvgIpc) is 3.30. The first-order chi connectivity index (χ1) is 17.6. The van der Waals surface area contributed by atoms with Crippen LogP contribution in [0, 0.1) is 11.6 Å². The summed E-state index contributed by atoms with van der Waals surface area (Å²) in [6.45, 7) is 5.06. The molecule has 0 aliphatic carbocycles. The number of rotatable bonds is 7. The molecule has 0 bridgehead atoms. The van der Waals surface area contributed by atoms with Crippen molar-refractivity contribution in [3.63, 3.8) is 0 Å². The van der Waals surface area contributed by atoms with E-state index in [0.29, 0.717) is 11.1 Å². The molecule has 9 nitrogen and oxygen atoms in total. The standard InChI is InChI=1S/C26H25F2N7O2/c1-26(2,3)30-25(37)23(17-11-13-29-14-12-17)35(21-6-4-5-20(28)15-21)22(36)16-34-32-24(31-33-34)18-7-9-19(27)10-8-18/h4-15,23H,16H2,1-3H3,(H,30,37)/t23-/m1/s1. The van der Waals surface area contributed by atoms with Crippen LogP contribution in [0.1, 0.15) is 32.4 Å². The van der Waals surface area contributed by atoms with Crippen molar-refractivity contribution in [3.8, 4) is 11.4 Å². The molecule has 1 atom stereocenters. The topological polar surface area (TPSA) is 106 Å². The first kappa shape index (κ1) is 25.5. The van der Waals surface area contributed by atoms with Gasteiger partial charge in [0.1, 0.15) is 24.2 Å². The minimum absolute atomic E-state index is 0.176. The van der Waals surface area contributed by atoms with E-state index in [9.17, 15) is 18.4 Å². The van der Waals surface area contributed by atoms with Crippen LogP contribution in [0.4, 0.5) is 14.5 Å². The van der Waals surface area contributed by atoms with Gasteiger partial charge >= 0.3 is 0 Å². The number of nitrogens with one attached hydrogen (secondary N) is 1. The molecule has 0 aliphatic heterocycles. The molecule has 0 aliphatic rings. The third kappa shape index (κ3) is 6.37. The number of pyridine rings is 1. The summed E-state index contributed by atoms with van der Waals surface area (Å²) in [6.07, 6.45) is 3.02. The summed E-state index contributed by atoms with van der Waals surface area (Å²) in [6, 6.07) is 13.0. The van der Waals surface area contributed by atoms with Crippen LogP contribution in [0.15, 0.2) is 73.1 Å². The molecule has 0 saturated carbocycles. The van der Waals surface area contributed by atoms with E-state index in [1.165, 1.54) is 65.8 Å². The Kier molecular flexibility index (Phi) is 7.32. The normalized spacial score (nSPS) is 12.1. The predicted molar refractivity (Wildman–Crippen MR) is 132 cm³/mol. The van der Waals surface area contributed by atoms with Gasteiger partial charge in [0.2, 0.25) is 11.7 Å². The number of amides is 2. The largest absolute Gasteiger partial charge is 0.349 e. The smallest absolute Gasteiger partial charge is 0.251 e. The number of aromatic nitrogens is 5. The second-order valence-corrected chi connectivity index (χ2v) is 9.32. The van der Waals surface area contributed by atoms with Crippen LogP contribution in [0.25, 0.3) is 11.4 Å². The highest BCUT2D eigenvalue weighted by atomic mass is 19.1. The van der Waals surface area contributed by atoms with Crippen molar-refractivity contribution in [2.24, 2.45) is 0 Å². The van der Waals surface area contributed by atoms with Crippen molar-refractivity contribution >= 4 is 17.5 Å². The van der Waals surface area contributed by atoms with Crippen molar-refractivity contribution < 1.29 is 18.4 Å². The van der Waals surface area contributed by atoms with Crippen molar-refractivity contribution in [1.29, 1.82) is 0 Å². The van der Waals surface area contributed by atoms with Gasteiger partial charge in [0.25, 0.3) is 5.91 Å². The SMILES string of the molecule is CC(C)(C)NC(=O)[C@@H](c1ccncc1)N(C(=O)Cn1nnc(-c2ccc(F)cc2)n1)c1cccc(F)c1. The summed E-state index contributed by atoms with van der Waals surface area (Å²) in [7, 11) is 0. The zero-order valence-electron chi connectivity index (χ0n) is 20.5. The second-order valence-electron chi connectivity index (χ2n) is 9.32. The lowest BCUT2D eigenvalue weighted by atomic mass is 10.0. The van der Waals surface area contributed by atoms with Gasteiger partial charge in [-0.05, 0) is 86.1 Å². The molecule has 2 aromatic carbocycles. The highest BCUT2D eigenvalue weighted by Gasteiger charge is 2.35. The number of tetrazole rings is 1. The van der Waals surface area contributed by atoms with Crippen molar-refractivity contribution in [2.75, 3.05) is 4.90 Å². The average molecular weight is 506 g/mol. The molecule has 2 heterocycles. The third-order valence-electron chi connectivity index (χ3n) is 5.21. The summed E-state index contributed by atoms with van der Waals surface area (Å²) < 4.78 is 27.5. The number of benzene rings is 2. The Hall–Kier alpha value is -4.54. The van der Waals surface area contributed by atoms with Crippen LogP contribution in [0.5, 0.6) is 0 Å². The van der Waals surface area contributed by atoms with Gasteiger partial charge in [-0.2, -0.15) is 4.80 Å². The summed E-state index contributed by atoms with van der Waals surface area (Å²) in [4.78, 5) is 33.5. The van der Waals surface area contributed by atoms with E-state index in [2.05, 4.69) is 25.7 Å². The van der Waals surface area contributed by atoms with E-state index in [-0.39, 0.29) is 11.5 Å². The molecule has 4 rings (SSSR count). The zero-order chi connectivity index (χ0) is 26.6. The van der Waals surface area contributed by atoms with Gasteiger partial charge in [0, 0.05) is 29.2 Å². The zero-order valence-corrected chi connectivity index (χ0v) is 20.5. The summed E-state index contributed by atoms with van der Waals surface area (Å²) in [5.41, 5.74) is 0.570. The lowest BCUT2D eigenvalue weighted by Crippen LogP contribution is -2.50. The fourth-order valence-electron chi connectivity index (χ4n) is 3.69. The lowest BCUT2D eigenvalue weighted by molar-refractivity contribution is -0.128. The molecule has 0 radical (unpaired) electrons. The molecule has 0 unspecified atom stereocenters. The quantitative estimate of drug-likeness (QED) is 0.411. The molecule has 11 heteroatoms. The van der Waals surface area contributed by atoms with Gasteiger partial charge in [-0.15, -0.1) is 10.2 Å². The van der Waals surface area contributed by atoms with Gasteiger partial charge in [-0.25, -0.2) is 8.78 Å². The molecule has 0 fully saturated rings. The fourth-order valence-corrected chi connectivity index (χ4v) is 3.69. The van der Waals surface area contributed by atoms with Crippen LogP contribution >= 0.6 is 0 Å². The number of nitrogens with zero attached hydrogens (tertiary/aromatic N) is 6. The Morgan fingerprint density at radius 3 is 2.35 bits per heavy atom. The maximum absolute atomic E-state index is 14.3. The molecular weight excluding hydrogens is 480 g/mol. The van der Waals surface area contributed by atoms with E-state index in [1.807, 2.05) is 20.8 Å². The Bertz CT molecular complexity index is 1390. The van der Waals surface area contributed by atoms with E-state index >= 15 is 0 Å². The Morgan fingerprint density at radius 2 is 1.70 bits per heavy atom. The van der Waals surface area contributed by atoms with Crippen LogP contribution in [-0.4, -0.2) is 42.5 Å². The van der Waals surface area contributed by atoms with Gasteiger partial charge < -0.3 is 5.32 Å². The van der Waals surface area contributed by atoms with Crippen LogP contribution in [0.2, 0.25) is 0 Å². The van der Waals surface area contributed by atoms with Gasteiger partial charge in [0.05, 0.1) is 0 Å². The number of halogens is 2. The Labute approximate surface area is 212 Å². The molecule has 37 heavy (non-hydrogen) atoms. The minimum atomic E-state index is -1.14. The number of anilines is 1. The molecular formula is C26H25F2N7O2. The number of carbonyl (C=O) groups is 2. The maximum atomic E-state index is 14.3. The van der Waals surface area contributed by atoms with Crippen LogP contribution in [0.3, 0.4) is 0 Å². The minimum Gasteiger partial charge on any atom is -0.349 e. The highest BCUT2D eigenvalue weighted by molar-refractivity contribution is 6.01. The maximum Gasteiger partial charge on any atom is 0.251 e. The van der Waals surface area contributed by atoms with E-state index in [0.717, 1.165) is 4.80 Å². The molecule has 0 spiro atoms. The summed E-state index contributed by atoms with van der Waals surface area (Å²) in [5.74, 6) is -1.83. The van der Waals surface area contributed by atoms with Gasteiger partial charge in [-0.1, -0.05) is 6.07 Å². The molecule has 4 aromatic rings. The lowest BCUT2D eigenvalue weighted by Gasteiger charge is -2.33. The monoisotopic (exact) mass is 505 g/mol. The molecule has 190 valence electrons. The third-order valence-corrected chi connectivity index (χ3v) is 5.21. The molecule has 1 N–H and O–H groups in total. The van der Waals surface area contributed by atoms with Crippen molar-refractivity contribution in [3.05, 3.63) is 90.3 Å². The second kappa shape index (κ2) is 10.6. The highest BCUT2D eigenvalue weighted by Crippen LogP contribution is 2.29. The number of hydrogen-bond donors (Lipinski definition) is 1. The Morgan fingerprint density at radius 1 is 1.00 bits per heavy atom. The molecule has 2 aromatic heterocycles. The Balaban J connectivity index is 1.72. The van der Waals surface area contributed by atoms with Gasteiger partial charge in [-0.3, -0.25) is 19.5 Å². The van der Waals surface area contributed by atoms with Crippen LogP contribution in [-0.2, 0) is 16.1 Å². The van der Waals surface area contributed by atoms with Crippen molar-refractivity contribution in [1.82, 2.24) is 30.5 Å². The fraction of sp³-hybridized carbons (Fsp3) is 0.231. The summed E-state index contributed by atoms with van der Waals surface area (Å²) >= 11 is 0. The van der Waals surface area contributed by atoms with Crippen molar-refractivity contribution in [2.45, 2.75) is 38.9 Å². The predicted octanol–water partition coefficient (Wildman–Crippen LogP) is 3.70. The number of hydrogen-bond acceptors (Lipinski definition) is 6. The van der Waals surface area contributed by atoms with Gasteiger partial charge in [0.15, 0.2) is 0 Å². The van der Waals surface area contributed by atoms with E-state index in [1.54, 1.807) is 12.1 Å². The molecule has 0 saturated heterocycles. The van der Waals surface area contributed by atoms with E-state index < -0.39 is 41.6 Å². The van der Waals surface area contributed by atoms with E-state index in [4.69, 9.17) is 0 Å².